The van der Waals surface area contributed by atoms with E-state index in [0.29, 0.717) is 11.5 Å². The third-order valence-electron chi connectivity index (χ3n) is 2.70. The van der Waals surface area contributed by atoms with Crippen LogP contribution in [0, 0.1) is 0 Å². The molecule has 7 heteroatoms. The van der Waals surface area contributed by atoms with Crippen LogP contribution in [-0.2, 0) is 10.0 Å². The van der Waals surface area contributed by atoms with E-state index in [1.165, 1.54) is 18.3 Å². The molecule has 0 aliphatic rings. The van der Waals surface area contributed by atoms with Crippen molar-refractivity contribution in [3.05, 3.63) is 47.6 Å². The van der Waals surface area contributed by atoms with E-state index in [9.17, 15) is 8.42 Å². The van der Waals surface area contributed by atoms with Crippen LogP contribution in [0.25, 0.3) is 0 Å². The number of halogens is 1. The highest BCUT2D eigenvalue weighted by molar-refractivity contribution is 7.92. The predicted octanol–water partition coefficient (Wildman–Crippen LogP) is 3.36. The molecule has 2 N–H and O–H groups in total. The van der Waals surface area contributed by atoms with Crippen LogP contribution < -0.4 is 10.0 Å². The number of aromatic nitrogens is 1. The molecule has 0 saturated heterocycles. The number of benzene rings is 1. The fraction of sp³-hybridized carbons (Fsp3) is 0.214. The first-order valence-corrected chi connectivity index (χ1v) is 8.36. The summed E-state index contributed by atoms with van der Waals surface area (Å²) in [4.78, 5) is 4.19. The van der Waals surface area contributed by atoms with Crippen molar-refractivity contribution in [1.82, 2.24) is 4.98 Å². The Morgan fingerprint density at radius 3 is 2.57 bits per heavy atom. The molecule has 0 radical (unpaired) electrons. The maximum Gasteiger partial charge on any atom is 0.263 e. The van der Waals surface area contributed by atoms with Gasteiger partial charge in [0.25, 0.3) is 10.0 Å². The summed E-state index contributed by atoms with van der Waals surface area (Å²) >= 11 is 5.91. The van der Waals surface area contributed by atoms with Crippen molar-refractivity contribution in [2.45, 2.75) is 18.2 Å². The summed E-state index contributed by atoms with van der Waals surface area (Å²) < 4.78 is 26.9. The molecule has 0 saturated carbocycles. The third kappa shape index (κ3) is 4.09. The lowest BCUT2D eigenvalue weighted by molar-refractivity contribution is 0.601. The zero-order valence-electron chi connectivity index (χ0n) is 11.5. The van der Waals surface area contributed by atoms with Crippen molar-refractivity contribution in [2.24, 2.45) is 0 Å². The Labute approximate surface area is 129 Å². The first-order valence-electron chi connectivity index (χ1n) is 6.50. The quantitative estimate of drug-likeness (QED) is 0.854. The van der Waals surface area contributed by atoms with E-state index in [0.717, 1.165) is 13.0 Å². The molecule has 2 aromatic rings. The van der Waals surface area contributed by atoms with Crippen molar-refractivity contribution < 1.29 is 8.42 Å². The smallest absolute Gasteiger partial charge is 0.263 e. The lowest BCUT2D eigenvalue weighted by Gasteiger charge is -2.10. The zero-order chi connectivity index (χ0) is 15.3. The average Bonchev–Trinajstić information content (AvgIpc) is 2.46. The fourth-order valence-corrected chi connectivity index (χ4v) is 3.25. The van der Waals surface area contributed by atoms with Crippen LogP contribution in [0.5, 0.6) is 0 Å². The monoisotopic (exact) mass is 325 g/mol. The first-order chi connectivity index (χ1) is 10.0. The summed E-state index contributed by atoms with van der Waals surface area (Å²) in [6.07, 6.45) is 2.45. The maximum absolute atomic E-state index is 12.2. The third-order valence-corrected chi connectivity index (χ3v) is 4.58. The van der Waals surface area contributed by atoms with E-state index >= 15 is 0 Å². The van der Waals surface area contributed by atoms with Gasteiger partial charge >= 0.3 is 0 Å². The Hall–Kier alpha value is -1.79. The van der Waals surface area contributed by atoms with E-state index in [-0.39, 0.29) is 9.92 Å². The zero-order valence-corrected chi connectivity index (χ0v) is 13.1. The molecular formula is C14H16ClN3O2S. The van der Waals surface area contributed by atoms with Gasteiger partial charge in [-0.05, 0) is 30.7 Å². The number of hydrogen-bond donors (Lipinski definition) is 2. The highest BCUT2D eigenvalue weighted by atomic mass is 35.5. The van der Waals surface area contributed by atoms with Crippen molar-refractivity contribution in [3.8, 4) is 0 Å². The lowest BCUT2D eigenvalue weighted by Crippen LogP contribution is -2.13. The fourth-order valence-electron chi connectivity index (χ4n) is 1.68. The van der Waals surface area contributed by atoms with Crippen LogP contribution in [0.1, 0.15) is 13.3 Å². The summed E-state index contributed by atoms with van der Waals surface area (Å²) in [7, 11) is -3.72. The standard InChI is InChI=1S/C14H16ClN3O2S/c1-2-9-16-14-8-7-11(10-17-14)18-21(19,20)13-6-4-3-5-12(13)15/h3-8,10,18H,2,9H2,1H3,(H,16,17). The van der Waals surface area contributed by atoms with E-state index in [4.69, 9.17) is 11.6 Å². The highest BCUT2D eigenvalue weighted by Crippen LogP contribution is 2.23. The van der Waals surface area contributed by atoms with Crippen LogP contribution in [0.15, 0.2) is 47.5 Å². The molecule has 0 unspecified atom stereocenters. The summed E-state index contributed by atoms with van der Waals surface area (Å²) in [6.45, 7) is 2.87. The van der Waals surface area contributed by atoms with Crippen molar-refractivity contribution in [3.63, 3.8) is 0 Å². The second kappa shape index (κ2) is 6.78. The van der Waals surface area contributed by atoms with Gasteiger partial charge < -0.3 is 5.32 Å². The predicted molar refractivity (Wildman–Crippen MR) is 85.3 cm³/mol. The molecule has 112 valence electrons. The van der Waals surface area contributed by atoms with Crippen LogP contribution in [0.4, 0.5) is 11.5 Å². The summed E-state index contributed by atoms with van der Waals surface area (Å²) in [6, 6.07) is 9.66. The van der Waals surface area contributed by atoms with Crippen molar-refractivity contribution in [1.29, 1.82) is 0 Å². The van der Waals surface area contributed by atoms with E-state index in [1.807, 2.05) is 0 Å². The van der Waals surface area contributed by atoms with Gasteiger partial charge in [0.1, 0.15) is 10.7 Å². The van der Waals surface area contributed by atoms with E-state index < -0.39 is 10.0 Å². The van der Waals surface area contributed by atoms with E-state index in [1.54, 1.807) is 24.3 Å². The minimum absolute atomic E-state index is 0.0415. The molecule has 0 spiro atoms. The lowest BCUT2D eigenvalue weighted by atomic mass is 10.4. The molecule has 1 aromatic carbocycles. The van der Waals surface area contributed by atoms with Gasteiger partial charge in [-0.15, -0.1) is 0 Å². The molecule has 5 nitrogen and oxygen atoms in total. The SMILES string of the molecule is CCCNc1ccc(NS(=O)(=O)c2ccccc2Cl)cn1. The second-order valence-electron chi connectivity index (χ2n) is 4.39. The van der Waals surface area contributed by atoms with Gasteiger partial charge in [-0.2, -0.15) is 0 Å². The molecule has 2 rings (SSSR count). The summed E-state index contributed by atoms with van der Waals surface area (Å²) in [5, 5.41) is 3.30. The van der Waals surface area contributed by atoms with Crippen LogP contribution >= 0.6 is 11.6 Å². The summed E-state index contributed by atoms with van der Waals surface area (Å²) in [5.74, 6) is 0.706. The number of pyridine rings is 1. The first kappa shape index (κ1) is 15.6. The van der Waals surface area contributed by atoms with Crippen molar-refractivity contribution in [2.75, 3.05) is 16.6 Å². The molecule has 0 amide bonds. The van der Waals surface area contributed by atoms with Gasteiger partial charge in [0.15, 0.2) is 0 Å². The minimum atomic E-state index is -3.72. The Bertz CT molecular complexity index is 702. The van der Waals surface area contributed by atoms with Gasteiger partial charge in [-0.1, -0.05) is 30.7 Å². The normalized spacial score (nSPS) is 11.1. The van der Waals surface area contributed by atoms with Gasteiger partial charge in [-0.3, -0.25) is 4.72 Å². The van der Waals surface area contributed by atoms with Gasteiger partial charge in [0, 0.05) is 6.54 Å². The Balaban J connectivity index is 2.16. The molecular weight excluding hydrogens is 310 g/mol. The average molecular weight is 326 g/mol. The molecule has 0 atom stereocenters. The molecule has 21 heavy (non-hydrogen) atoms. The van der Waals surface area contributed by atoms with Crippen LogP contribution in [-0.4, -0.2) is 19.9 Å². The molecule has 0 aliphatic heterocycles. The number of hydrogen-bond acceptors (Lipinski definition) is 4. The number of nitrogens with one attached hydrogen (secondary N) is 2. The number of anilines is 2. The van der Waals surface area contributed by atoms with Crippen molar-refractivity contribution >= 4 is 33.1 Å². The molecule has 1 heterocycles. The Kier molecular flexibility index (Phi) is 5.03. The van der Waals surface area contributed by atoms with Gasteiger partial charge in [-0.25, -0.2) is 13.4 Å². The number of rotatable bonds is 6. The molecule has 0 bridgehead atoms. The second-order valence-corrected chi connectivity index (χ2v) is 6.45. The Morgan fingerprint density at radius 1 is 1.19 bits per heavy atom. The maximum atomic E-state index is 12.2. The number of nitrogens with zero attached hydrogens (tertiary/aromatic N) is 1. The van der Waals surface area contributed by atoms with Gasteiger partial charge in [0.05, 0.1) is 16.9 Å². The largest absolute Gasteiger partial charge is 0.370 e. The topological polar surface area (TPSA) is 71.1 Å². The number of sulfonamides is 1. The van der Waals surface area contributed by atoms with Crippen LogP contribution in [0.2, 0.25) is 5.02 Å². The van der Waals surface area contributed by atoms with E-state index in [2.05, 4.69) is 21.9 Å². The minimum Gasteiger partial charge on any atom is -0.370 e. The van der Waals surface area contributed by atoms with Gasteiger partial charge in [0.2, 0.25) is 0 Å². The highest BCUT2D eigenvalue weighted by Gasteiger charge is 2.17. The Morgan fingerprint density at radius 2 is 1.95 bits per heavy atom. The van der Waals surface area contributed by atoms with Crippen LogP contribution in [0.3, 0.4) is 0 Å². The summed E-state index contributed by atoms with van der Waals surface area (Å²) in [5.41, 5.74) is 0.386. The molecule has 0 fully saturated rings. The molecule has 0 aliphatic carbocycles. The molecule has 1 aromatic heterocycles.